The quantitative estimate of drug-likeness (QED) is 0.787. The Morgan fingerprint density at radius 1 is 1.31 bits per heavy atom. The molecule has 0 saturated carbocycles. The minimum Gasteiger partial charge on any atom is -0.497 e. The molecule has 1 atom stereocenters. The van der Waals surface area contributed by atoms with Gasteiger partial charge >= 0.3 is 0 Å². The molecule has 6 nitrogen and oxygen atoms in total. The van der Waals surface area contributed by atoms with Gasteiger partial charge < -0.3 is 14.4 Å². The van der Waals surface area contributed by atoms with Crippen LogP contribution in [0.1, 0.15) is 27.6 Å². The third-order valence-corrected chi connectivity index (χ3v) is 4.76. The first-order chi connectivity index (χ1) is 12.7. The number of carbonyl (C=O) groups excluding carboxylic acids is 1. The van der Waals surface area contributed by atoms with Crippen LogP contribution in [0.25, 0.3) is 10.9 Å². The molecule has 1 aliphatic rings. The summed E-state index contributed by atoms with van der Waals surface area (Å²) in [6, 6.07) is 11.7. The summed E-state index contributed by atoms with van der Waals surface area (Å²) >= 11 is 0. The fourth-order valence-corrected chi connectivity index (χ4v) is 3.40. The van der Waals surface area contributed by atoms with Gasteiger partial charge in [0.25, 0.3) is 5.91 Å². The minimum atomic E-state index is -0.138. The first-order valence-corrected chi connectivity index (χ1v) is 8.64. The zero-order valence-corrected chi connectivity index (χ0v) is 14.9. The first-order valence-electron chi connectivity index (χ1n) is 8.64. The Balaban J connectivity index is 1.58. The summed E-state index contributed by atoms with van der Waals surface area (Å²) in [4.78, 5) is 15.0. The molecule has 2 aromatic carbocycles. The standard InChI is InChI=1S/C20H21N3O3/c1-13-9-15-11-21-22-19(15)17(10-13)20(24)23-7-8-26-18(12-23)14-3-5-16(25-2)6-4-14/h3-6,9-11,18H,7-8,12H2,1-2H3,(H,21,22). The van der Waals surface area contributed by atoms with Crippen LogP contribution in [-0.2, 0) is 4.74 Å². The number of rotatable bonds is 3. The van der Waals surface area contributed by atoms with E-state index in [9.17, 15) is 4.79 Å². The van der Waals surface area contributed by atoms with Crippen molar-refractivity contribution in [1.29, 1.82) is 0 Å². The van der Waals surface area contributed by atoms with Crippen molar-refractivity contribution in [3.63, 3.8) is 0 Å². The molecule has 1 N–H and O–H groups in total. The topological polar surface area (TPSA) is 67.5 Å². The van der Waals surface area contributed by atoms with E-state index in [1.165, 1.54) is 0 Å². The van der Waals surface area contributed by atoms with Crippen LogP contribution < -0.4 is 4.74 Å². The monoisotopic (exact) mass is 351 g/mol. The van der Waals surface area contributed by atoms with Crippen LogP contribution in [0.2, 0.25) is 0 Å². The van der Waals surface area contributed by atoms with Crippen molar-refractivity contribution >= 4 is 16.8 Å². The zero-order valence-electron chi connectivity index (χ0n) is 14.9. The second-order valence-electron chi connectivity index (χ2n) is 6.53. The molecule has 134 valence electrons. The molecule has 0 radical (unpaired) electrons. The molecule has 4 rings (SSSR count). The summed E-state index contributed by atoms with van der Waals surface area (Å²) in [5.41, 5.74) is 3.53. The van der Waals surface area contributed by atoms with E-state index in [4.69, 9.17) is 9.47 Å². The van der Waals surface area contributed by atoms with Gasteiger partial charge in [-0.25, -0.2) is 0 Å². The maximum atomic E-state index is 13.1. The maximum absolute atomic E-state index is 13.1. The number of hydrogen-bond acceptors (Lipinski definition) is 4. The number of H-pyrrole nitrogens is 1. The van der Waals surface area contributed by atoms with Gasteiger partial charge in [0.1, 0.15) is 11.9 Å². The normalized spacial score (nSPS) is 17.5. The highest BCUT2D eigenvalue weighted by molar-refractivity contribution is 6.05. The fraction of sp³-hybridized carbons (Fsp3) is 0.300. The van der Waals surface area contributed by atoms with Gasteiger partial charge in [0.2, 0.25) is 0 Å². The van der Waals surface area contributed by atoms with E-state index in [1.54, 1.807) is 13.3 Å². The Hall–Kier alpha value is -2.86. The van der Waals surface area contributed by atoms with Gasteiger partial charge in [-0.3, -0.25) is 9.89 Å². The number of aromatic nitrogens is 2. The first kappa shape index (κ1) is 16.6. The number of nitrogens with one attached hydrogen (secondary N) is 1. The minimum absolute atomic E-state index is 0.00441. The number of benzene rings is 2. The second-order valence-corrected chi connectivity index (χ2v) is 6.53. The van der Waals surface area contributed by atoms with Crippen LogP contribution in [0, 0.1) is 6.92 Å². The Morgan fingerprint density at radius 2 is 2.12 bits per heavy atom. The number of nitrogens with zero attached hydrogens (tertiary/aromatic N) is 2. The molecule has 2 heterocycles. The average molecular weight is 351 g/mol. The lowest BCUT2D eigenvalue weighted by molar-refractivity contribution is -0.0227. The fourth-order valence-electron chi connectivity index (χ4n) is 3.40. The molecule has 1 aliphatic heterocycles. The predicted octanol–water partition coefficient (Wildman–Crippen LogP) is 3.09. The summed E-state index contributed by atoms with van der Waals surface area (Å²) < 4.78 is 11.1. The van der Waals surface area contributed by atoms with Gasteiger partial charge in [-0.1, -0.05) is 12.1 Å². The largest absolute Gasteiger partial charge is 0.497 e. The number of hydrogen-bond donors (Lipinski definition) is 1. The summed E-state index contributed by atoms with van der Waals surface area (Å²) in [6.45, 7) is 3.60. The van der Waals surface area contributed by atoms with Gasteiger partial charge in [-0.05, 0) is 42.3 Å². The Morgan fingerprint density at radius 3 is 2.88 bits per heavy atom. The summed E-state index contributed by atoms with van der Waals surface area (Å²) in [5, 5.41) is 7.98. The number of aryl methyl sites for hydroxylation is 1. The zero-order chi connectivity index (χ0) is 18.1. The highest BCUT2D eigenvalue weighted by atomic mass is 16.5. The molecule has 1 unspecified atom stereocenters. The molecule has 0 aliphatic carbocycles. The number of ether oxygens (including phenoxy) is 2. The number of aromatic amines is 1. The molecule has 6 heteroatoms. The third-order valence-electron chi connectivity index (χ3n) is 4.76. The SMILES string of the molecule is COc1ccc(C2CN(C(=O)c3cc(C)cc4cn[nH]c34)CCO2)cc1. The number of carbonyl (C=O) groups is 1. The summed E-state index contributed by atoms with van der Waals surface area (Å²) in [7, 11) is 1.64. The Bertz CT molecular complexity index is 933. The van der Waals surface area contributed by atoms with Crippen molar-refractivity contribution in [1.82, 2.24) is 15.1 Å². The molecule has 0 bridgehead atoms. The second kappa shape index (κ2) is 6.80. The molecule has 26 heavy (non-hydrogen) atoms. The van der Waals surface area contributed by atoms with E-state index >= 15 is 0 Å². The van der Waals surface area contributed by atoms with E-state index in [2.05, 4.69) is 10.2 Å². The molecule has 1 aromatic heterocycles. The summed E-state index contributed by atoms with van der Waals surface area (Å²) in [5.74, 6) is 0.809. The van der Waals surface area contributed by atoms with Crippen molar-refractivity contribution < 1.29 is 14.3 Å². The molecule has 0 spiro atoms. The van der Waals surface area contributed by atoms with Crippen molar-refractivity contribution in [2.75, 3.05) is 26.8 Å². The van der Waals surface area contributed by atoms with Gasteiger partial charge in [-0.2, -0.15) is 5.10 Å². The van der Waals surface area contributed by atoms with Crippen LogP contribution in [0.3, 0.4) is 0 Å². The molecule has 1 fully saturated rings. The van der Waals surface area contributed by atoms with E-state index in [-0.39, 0.29) is 12.0 Å². The molecule has 1 amide bonds. The number of amides is 1. The summed E-state index contributed by atoms with van der Waals surface area (Å²) in [6.07, 6.45) is 1.61. The molecular formula is C20H21N3O3. The molecule has 3 aromatic rings. The van der Waals surface area contributed by atoms with E-state index in [1.807, 2.05) is 48.2 Å². The number of methoxy groups -OCH3 is 1. The Kier molecular flexibility index (Phi) is 4.34. The van der Waals surface area contributed by atoms with Crippen molar-refractivity contribution in [3.8, 4) is 5.75 Å². The van der Waals surface area contributed by atoms with E-state index in [0.717, 1.165) is 27.8 Å². The van der Waals surface area contributed by atoms with Crippen LogP contribution in [0.15, 0.2) is 42.6 Å². The average Bonchev–Trinajstić information content (AvgIpc) is 3.15. The van der Waals surface area contributed by atoms with Crippen molar-refractivity contribution in [3.05, 3.63) is 59.3 Å². The van der Waals surface area contributed by atoms with Gasteiger partial charge in [0, 0.05) is 11.9 Å². The van der Waals surface area contributed by atoms with Gasteiger partial charge in [0.05, 0.1) is 37.5 Å². The lowest BCUT2D eigenvalue weighted by atomic mass is 10.0. The van der Waals surface area contributed by atoms with Crippen LogP contribution >= 0.6 is 0 Å². The lowest BCUT2D eigenvalue weighted by Crippen LogP contribution is -2.42. The molecular weight excluding hydrogens is 330 g/mol. The van der Waals surface area contributed by atoms with Crippen molar-refractivity contribution in [2.24, 2.45) is 0 Å². The van der Waals surface area contributed by atoms with E-state index < -0.39 is 0 Å². The number of morpholine rings is 1. The highest BCUT2D eigenvalue weighted by Crippen LogP contribution is 2.27. The lowest BCUT2D eigenvalue weighted by Gasteiger charge is -2.33. The number of fused-ring (bicyclic) bond motifs is 1. The maximum Gasteiger partial charge on any atom is 0.256 e. The van der Waals surface area contributed by atoms with Gasteiger partial charge in [0.15, 0.2) is 0 Å². The highest BCUT2D eigenvalue weighted by Gasteiger charge is 2.27. The molecule has 1 saturated heterocycles. The van der Waals surface area contributed by atoms with Crippen LogP contribution in [0.5, 0.6) is 5.75 Å². The smallest absolute Gasteiger partial charge is 0.256 e. The van der Waals surface area contributed by atoms with E-state index in [0.29, 0.717) is 25.3 Å². The van der Waals surface area contributed by atoms with Crippen molar-refractivity contribution in [2.45, 2.75) is 13.0 Å². The third kappa shape index (κ3) is 3.04. The van der Waals surface area contributed by atoms with Crippen LogP contribution in [0.4, 0.5) is 0 Å². The van der Waals surface area contributed by atoms with Crippen LogP contribution in [-0.4, -0.2) is 47.8 Å². The predicted molar refractivity (Wildman–Crippen MR) is 98.4 cm³/mol. The van der Waals surface area contributed by atoms with Gasteiger partial charge in [-0.15, -0.1) is 0 Å². The Labute approximate surface area is 151 Å².